The van der Waals surface area contributed by atoms with Gasteiger partial charge in [0.15, 0.2) is 17.3 Å². The monoisotopic (exact) mass is 1040 g/mol. The molecular formula is C64H70N4O9. The molecule has 1 saturated carbocycles. The largest absolute Gasteiger partial charge is 0.507 e. The number of hydrogen-bond acceptors (Lipinski definition) is 11. The highest BCUT2D eigenvalue weighted by Gasteiger charge is 2.47. The first kappa shape index (κ1) is 51.1. The predicted octanol–water partition coefficient (Wildman–Crippen LogP) is 8.77. The SMILES string of the molecule is CC1CCC(C2C#CC3Nc4[nH]ccc4C4C=CC(c5ccc(cc54)C(O)c4cc(cc(OC5CCCC5)c4O)CCC(=O)C(CCO)C(=O)C4C3=Cc3[nH]ccc3C4CC3(O)C=Cc4c(O)cccc4CC3)C2O)NC1. The molecule has 400 valence electrons. The van der Waals surface area contributed by atoms with Crippen LogP contribution in [0.1, 0.15) is 151 Å². The second-order valence-electron chi connectivity index (χ2n) is 23.1. The van der Waals surface area contributed by atoms with Gasteiger partial charge in [-0.15, -0.1) is 0 Å². The highest BCUT2D eigenvalue weighted by atomic mass is 16.5. The number of aliphatic hydroxyl groups is 4. The number of aryl methyl sites for hydroxylation is 2. The highest BCUT2D eigenvalue weighted by Crippen LogP contribution is 2.50. The Kier molecular flexibility index (Phi) is 13.9. The van der Waals surface area contributed by atoms with E-state index < -0.39 is 65.8 Å². The molecule has 8 aliphatic rings. The van der Waals surface area contributed by atoms with E-state index >= 15 is 9.59 Å². The summed E-state index contributed by atoms with van der Waals surface area (Å²) in [5.41, 5.74) is 6.19. The highest BCUT2D eigenvalue weighted by molar-refractivity contribution is 6.05. The van der Waals surface area contributed by atoms with Crippen LogP contribution in [0.3, 0.4) is 0 Å². The summed E-state index contributed by atoms with van der Waals surface area (Å²) in [6.07, 6.45) is 17.0. The van der Waals surface area contributed by atoms with Crippen molar-refractivity contribution in [2.24, 2.45) is 23.7 Å². The third-order valence-electron chi connectivity index (χ3n) is 18.2. The van der Waals surface area contributed by atoms with Gasteiger partial charge in [-0.05, 0) is 158 Å². The molecule has 5 aromatic rings. The molecule has 12 atom stereocenters. The minimum absolute atomic E-state index is 0.0757. The van der Waals surface area contributed by atoms with Crippen molar-refractivity contribution in [1.29, 1.82) is 0 Å². The molecule has 4 aliphatic carbocycles. The number of phenolic OH excluding ortho intramolecular Hbond substituents is 2. The van der Waals surface area contributed by atoms with Crippen LogP contribution in [0.5, 0.6) is 17.2 Å². The van der Waals surface area contributed by atoms with Crippen molar-refractivity contribution >= 4 is 29.5 Å². The van der Waals surface area contributed by atoms with Gasteiger partial charge in [0.25, 0.3) is 0 Å². The Hall–Kier alpha value is -6.66. The number of hydrogen-bond donors (Lipinski definition) is 10. The Balaban J connectivity index is 1.06. The van der Waals surface area contributed by atoms with E-state index in [1.807, 2.05) is 54.9 Å². The summed E-state index contributed by atoms with van der Waals surface area (Å²) in [7, 11) is 0. The number of nitrogens with one attached hydrogen (secondary N) is 4. The van der Waals surface area contributed by atoms with Crippen molar-refractivity contribution in [3.8, 4) is 29.1 Å². The topological polar surface area (TPSA) is 220 Å². The molecule has 0 amide bonds. The van der Waals surface area contributed by atoms with E-state index in [1.54, 1.807) is 36.4 Å². The van der Waals surface area contributed by atoms with Gasteiger partial charge in [-0.25, -0.2) is 0 Å². The Morgan fingerprint density at radius 1 is 0.844 bits per heavy atom. The van der Waals surface area contributed by atoms with Gasteiger partial charge in [-0.1, -0.05) is 73.4 Å². The number of ketones is 2. The van der Waals surface area contributed by atoms with Gasteiger partial charge in [0.1, 0.15) is 29.5 Å². The molecule has 6 heterocycles. The summed E-state index contributed by atoms with van der Waals surface area (Å²) < 4.78 is 6.50. The van der Waals surface area contributed by atoms with Gasteiger partial charge >= 0.3 is 0 Å². The summed E-state index contributed by atoms with van der Waals surface area (Å²) in [6, 6.07) is 17.5. The number of benzene rings is 3. The lowest BCUT2D eigenvalue weighted by molar-refractivity contribution is -0.135. The summed E-state index contributed by atoms with van der Waals surface area (Å²) in [6.45, 7) is 2.53. The van der Waals surface area contributed by atoms with Crippen LogP contribution in [0.2, 0.25) is 0 Å². The summed E-state index contributed by atoms with van der Waals surface area (Å²) in [5, 5.41) is 79.8. The fourth-order valence-corrected chi connectivity index (χ4v) is 14.0. The molecule has 77 heavy (non-hydrogen) atoms. The molecule has 7 bridgehead atoms. The zero-order chi connectivity index (χ0) is 53.1. The number of piperidine rings is 1. The maximum Gasteiger partial charge on any atom is 0.163 e. The van der Waals surface area contributed by atoms with Crippen LogP contribution in [0.15, 0.2) is 96.9 Å². The number of aliphatic hydroxyl groups excluding tert-OH is 3. The zero-order valence-corrected chi connectivity index (χ0v) is 43.6. The fraction of sp³-hybridized carbons (Fsp3) is 0.438. The minimum Gasteiger partial charge on any atom is -0.507 e. The van der Waals surface area contributed by atoms with E-state index in [0.717, 1.165) is 78.6 Å². The predicted molar refractivity (Wildman–Crippen MR) is 294 cm³/mol. The van der Waals surface area contributed by atoms with Gasteiger partial charge in [-0.3, -0.25) is 9.59 Å². The first-order valence-corrected chi connectivity index (χ1v) is 28.0. The fourth-order valence-electron chi connectivity index (χ4n) is 14.0. The van der Waals surface area contributed by atoms with Gasteiger partial charge in [0, 0.05) is 77.5 Å². The van der Waals surface area contributed by atoms with Crippen molar-refractivity contribution in [2.75, 3.05) is 18.5 Å². The first-order chi connectivity index (χ1) is 37.3. The number of Topliss-reactive ketones (excluding diaryl/α,β-unsaturated/α-hetero) is 2. The maximum absolute atomic E-state index is 16.2. The number of carbonyl (C=O) groups excluding carboxylic acids is 2. The number of aromatic hydroxyl groups is 2. The Morgan fingerprint density at radius 3 is 2.49 bits per heavy atom. The quantitative estimate of drug-likeness (QED) is 0.0422. The van der Waals surface area contributed by atoms with E-state index in [-0.39, 0.29) is 72.3 Å². The van der Waals surface area contributed by atoms with Gasteiger partial charge in [0.2, 0.25) is 0 Å². The number of carbonyl (C=O) groups is 2. The molecule has 13 rings (SSSR count). The summed E-state index contributed by atoms with van der Waals surface area (Å²) >= 11 is 0. The van der Waals surface area contributed by atoms with E-state index in [2.05, 4.69) is 51.5 Å². The van der Waals surface area contributed by atoms with Crippen LogP contribution in [0.25, 0.3) is 12.2 Å². The normalized spacial score (nSPS) is 30.8. The van der Waals surface area contributed by atoms with Crippen molar-refractivity contribution in [3.05, 3.63) is 153 Å². The van der Waals surface area contributed by atoms with Crippen LogP contribution in [-0.2, 0) is 22.4 Å². The smallest absolute Gasteiger partial charge is 0.163 e. The molecule has 10 N–H and O–H groups in total. The third kappa shape index (κ3) is 9.67. The molecular weight excluding hydrogens is 969 g/mol. The molecule has 13 nitrogen and oxygen atoms in total. The van der Waals surface area contributed by atoms with Crippen LogP contribution < -0.4 is 15.4 Å². The van der Waals surface area contributed by atoms with E-state index in [1.165, 1.54) is 0 Å². The molecule has 0 spiro atoms. The van der Waals surface area contributed by atoms with E-state index in [0.29, 0.717) is 46.8 Å². The lowest BCUT2D eigenvalue weighted by atomic mass is 9.65. The third-order valence-corrected chi connectivity index (χ3v) is 18.2. The average molecular weight is 1040 g/mol. The van der Waals surface area contributed by atoms with Crippen LogP contribution >= 0.6 is 0 Å². The standard InChI is InChI=1S/C64H70N4O9/c1-35-9-16-52(67-34-35)46-15-17-53-49-32-54-43(21-26-65-54)51(33-64(76)24-19-37-5-4-8-55(70)40(37)20-25-64)58(49)62(75)47(23-28-69)56(71)18-10-36-29-50(61(74)57(30-36)77-39-6-2-3-7-39)59(72)38-11-12-41-44(60(46)73)14-13-42(48(41)31-38)45-22-27-66-63(45)68-53/h4-5,8,11-14,20-22,25-27,29-32,35,39,42,44,46-47,51-53,58-60,65-70,72-74,76H,2-3,6-7,9-10,16,18-19,23-24,28,33-34H2,1H3. The van der Waals surface area contributed by atoms with Gasteiger partial charge < -0.3 is 56.0 Å². The molecule has 1 saturated heterocycles. The number of aromatic nitrogens is 2. The molecule has 12 unspecified atom stereocenters. The zero-order valence-electron chi connectivity index (χ0n) is 43.6. The number of H-pyrrole nitrogens is 2. The van der Waals surface area contributed by atoms with Crippen molar-refractivity contribution in [2.45, 2.75) is 138 Å². The lowest BCUT2D eigenvalue weighted by Crippen LogP contribution is -2.48. The van der Waals surface area contributed by atoms with Crippen molar-refractivity contribution < 1.29 is 45.0 Å². The number of rotatable bonds is 7. The Bertz CT molecular complexity index is 3230. The average Bonchev–Trinajstić information content (AvgIpc) is 4.31. The van der Waals surface area contributed by atoms with Crippen LogP contribution in [-0.4, -0.2) is 95.2 Å². The number of fused-ring (bicyclic) bond motifs is 8. The lowest BCUT2D eigenvalue weighted by Gasteiger charge is -2.40. The number of allylic oxidation sites excluding steroid dienone is 1. The first-order valence-electron chi connectivity index (χ1n) is 28.0. The number of phenols is 2. The number of ether oxygens (including phenoxy) is 1. The summed E-state index contributed by atoms with van der Waals surface area (Å²) in [4.78, 5) is 38.3. The molecule has 4 aliphatic heterocycles. The van der Waals surface area contributed by atoms with E-state index in [4.69, 9.17) is 4.74 Å². The molecule has 3 aromatic carbocycles. The van der Waals surface area contributed by atoms with Gasteiger partial charge in [-0.2, -0.15) is 0 Å². The van der Waals surface area contributed by atoms with Crippen molar-refractivity contribution in [3.63, 3.8) is 0 Å². The summed E-state index contributed by atoms with van der Waals surface area (Å²) in [5.74, 6) is 3.26. The second kappa shape index (κ2) is 20.9. The van der Waals surface area contributed by atoms with E-state index in [9.17, 15) is 30.6 Å². The molecule has 0 radical (unpaired) electrons. The van der Waals surface area contributed by atoms with Crippen molar-refractivity contribution in [1.82, 2.24) is 15.3 Å². The number of anilines is 1. The van der Waals surface area contributed by atoms with Gasteiger partial charge in [0.05, 0.1) is 29.6 Å². The Labute approximate surface area is 449 Å². The molecule has 2 aromatic heterocycles. The minimum atomic E-state index is -1.47. The maximum atomic E-state index is 16.2. The molecule has 13 heteroatoms. The van der Waals surface area contributed by atoms with Crippen LogP contribution in [0.4, 0.5) is 5.82 Å². The number of aromatic amines is 2. The molecule has 2 fully saturated rings. The Morgan fingerprint density at radius 2 is 1.68 bits per heavy atom. The van der Waals surface area contributed by atoms with Crippen LogP contribution in [0, 0.1) is 35.5 Å². The second-order valence-corrected chi connectivity index (χ2v) is 23.1.